The van der Waals surface area contributed by atoms with Crippen molar-refractivity contribution in [2.45, 2.75) is 32.9 Å². The van der Waals surface area contributed by atoms with E-state index in [1.165, 1.54) is 0 Å². The van der Waals surface area contributed by atoms with Gasteiger partial charge in [-0.05, 0) is 32.4 Å². The lowest BCUT2D eigenvalue weighted by molar-refractivity contribution is -0.127. The number of para-hydroxylation sites is 1. The van der Waals surface area contributed by atoms with Gasteiger partial charge < -0.3 is 4.74 Å². The summed E-state index contributed by atoms with van der Waals surface area (Å²) in [6, 6.07) is 7.77. The fraction of sp³-hybridized carbons (Fsp3) is 0.467. The molecule has 3 rings (SSSR count). The summed E-state index contributed by atoms with van der Waals surface area (Å²) in [5.74, 6) is 1.79. The summed E-state index contributed by atoms with van der Waals surface area (Å²) < 4.78 is 5.85. The fourth-order valence-corrected chi connectivity index (χ4v) is 2.59. The molecule has 0 radical (unpaired) electrons. The van der Waals surface area contributed by atoms with Gasteiger partial charge in [0.15, 0.2) is 5.72 Å². The van der Waals surface area contributed by atoms with Crippen molar-refractivity contribution in [3.05, 3.63) is 29.8 Å². The Balaban J connectivity index is 2.08. The van der Waals surface area contributed by atoms with Crippen LogP contribution in [0.5, 0.6) is 5.75 Å². The average Bonchev–Trinajstić information content (AvgIpc) is 2.68. The minimum atomic E-state index is -0.629. The third kappa shape index (κ3) is 2.01. The smallest absolute Gasteiger partial charge is 0.231 e. The van der Waals surface area contributed by atoms with Crippen molar-refractivity contribution in [3.63, 3.8) is 0 Å². The molecule has 1 atom stereocenters. The standard InChI is InChI=1S/C15H18N2O2/c1-10-8-9-17(14(10)18)13-11-6-4-5-7-12(11)19-15(2,3)16-13/h4-7,10H,8-9H2,1-3H3. The third-order valence-electron chi connectivity index (χ3n) is 3.59. The number of benzene rings is 1. The number of amidine groups is 1. The number of likely N-dealkylation sites (tertiary alicyclic amines) is 1. The van der Waals surface area contributed by atoms with Gasteiger partial charge in [-0.1, -0.05) is 19.1 Å². The van der Waals surface area contributed by atoms with Crippen LogP contribution in [-0.4, -0.2) is 28.9 Å². The highest BCUT2D eigenvalue weighted by Gasteiger charge is 2.37. The van der Waals surface area contributed by atoms with Gasteiger partial charge in [0.2, 0.25) is 5.91 Å². The van der Waals surface area contributed by atoms with E-state index in [-0.39, 0.29) is 11.8 Å². The van der Waals surface area contributed by atoms with Crippen LogP contribution in [0.1, 0.15) is 32.8 Å². The SMILES string of the molecule is CC1CCN(C2=NC(C)(C)Oc3ccccc32)C1=O. The fourth-order valence-electron chi connectivity index (χ4n) is 2.59. The number of aliphatic imine (C=N–C) groups is 1. The number of amides is 1. The van der Waals surface area contributed by atoms with Gasteiger partial charge in [-0.15, -0.1) is 0 Å². The van der Waals surface area contributed by atoms with Gasteiger partial charge in [0.05, 0.1) is 5.56 Å². The predicted molar refractivity (Wildman–Crippen MR) is 73.2 cm³/mol. The van der Waals surface area contributed by atoms with E-state index in [1.807, 2.05) is 45.0 Å². The first-order chi connectivity index (χ1) is 8.98. The maximum absolute atomic E-state index is 12.2. The number of hydrogen-bond acceptors (Lipinski definition) is 3. The highest BCUT2D eigenvalue weighted by Crippen LogP contribution is 2.33. The van der Waals surface area contributed by atoms with Crippen molar-refractivity contribution < 1.29 is 9.53 Å². The maximum atomic E-state index is 12.2. The van der Waals surface area contributed by atoms with E-state index >= 15 is 0 Å². The maximum Gasteiger partial charge on any atom is 0.231 e. The first-order valence-electron chi connectivity index (χ1n) is 6.67. The Morgan fingerprint density at radius 1 is 1.37 bits per heavy atom. The van der Waals surface area contributed by atoms with E-state index in [4.69, 9.17) is 4.74 Å². The van der Waals surface area contributed by atoms with Gasteiger partial charge in [-0.25, -0.2) is 4.99 Å². The largest absolute Gasteiger partial charge is 0.466 e. The van der Waals surface area contributed by atoms with Crippen LogP contribution in [0, 0.1) is 5.92 Å². The van der Waals surface area contributed by atoms with Crippen LogP contribution in [0.4, 0.5) is 0 Å². The molecule has 100 valence electrons. The number of ether oxygens (including phenoxy) is 1. The molecule has 0 spiro atoms. The van der Waals surface area contributed by atoms with E-state index in [1.54, 1.807) is 4.90 Å². The van der Waals surface area contributed by atoms with Crippen LogP contribution in [0.25, 0.3) is 0 Å². The minimum Gasteiger partial charge on any atom is -0.466 e. The normalized spacial score (nSPS) is 24.8. The van der Waals surface area contributed by atoms with Crippen molar-refractivity contribution >= 4 is 11.7 Å². The third-order valence-corrected chi connectivity index (χ3v) is 3.59. The molecule has 1 unspecified atom stereocenters. The van der Waals surface area contributed by atoms with Gasteiger partial charge >= 0.3 is 0 Å². The van der Waals surface area contributed by atoms with Crippen molar-refractivity contribution in [2.75, 3.05) is 6.54 Å². The molecule has 2 aliphatic heterocycles. The van der Waals surface area contributed by atoms with E-state index in [9.17, 15) is 4.79 Å². The Bertz CT molecular complexity index is 563. The van der Waals surface area contributed by atoms with Gasteiger partial charge in [-0.3, -0.25) is 9.69 Å². The minimum absolute atomic E-state index is 0.0841. The number of carbonyl (C=O) groups excluding carboxylic acids is 1. The van der Waals surface area contributed by atoms with Gasteiger partial charge in [0, 0.05) is 12.5 Å². The summed E-state index contributed by atoms with van der Waals surface area (Å²) in [4.78, 5) is 18.7. The molecule has 4 nitrogen and oxygen atoms in total. The van der Waals surface area contributed by atoms with Crippen molar-refractivity contribution in [2.24, 2.45) is 10.9 Å². The van der Waals surface area contributed by atoms with Crippen LogP contribution in [-0.2, 0) is 4.79 Å². The molecule has 19 heavy (non-hydrogen) atoms. The van der Waals surface area contributed by atoms with E-state index in [0.29, 0.717) is 0 Å². The van der Waals surface area contributed by atoms with Gasteiger partial charge in [-0.2, -0.15) is 0 Å². The summed E-state index contributed by atoms with van der Waals surface area (Å²) in [5, 5.41) is 0. The van der Waals surface area contributed by atoms with E-state index in [2.05, 4.69) is 4.99 Å². The highest BCUT2D eigenvalue weighted by molar-refractivity contribution is 6.11. The monoisotopic (exact) mass is 258 g/mol. The topological polar surface area (TPSA) is 41.9 Å². The Morgan fingerprint density at radius 3 is 2.79 bits per heavy atom. The Morgan fingerprint density at radius 2 is 2.11 bits per heavy atom. The molecule has 4 heteroatoms. The molecule has 0 aliphatic carbocycles. The Labute approximate surface area is 113 Å². The number of carbonyl (C=O) groups is 1. The zero-order valence-corrected chi connectivity index (χ0v) is 11.5. The average molecular weight is 258 g/mol. The Hall–Kier alpha value is -1.84. The molecule has 0 bridgehead atoms. The lowest BCUT2D eigenvalue weighted by atomic mass is 10.1. The lowest BCUT2D eigenvalue weighted by Gasteiger charge is -2.32. The van der Waals surface area contributed by atoms with Crippen LogP contribution >= 0.6 is 0 Å². The number of nitrogens with zero attached hydrogens (tertiary/aromatic N) is 2. The molecular weight excluding hydrogens is 240 g/mol. The molecule has 0 aromatic heterocycles. The second kappa shape index (κ2) is 4.08. The summed E-state index contributed by atoms with van der Waals surface area (Å²) >= 11 is 0. The molecule has 2 heterocycles. The van der Waals surface area contributed by atoms with Gasteiger partial charge in [0.25, 0.3) is 0 Å². The number of rotatable bonds is 0. The second-order valence-corrected chi connectivity index (χ2v) is 5.66. The first kappa shape index (κ1) is 12.2. The first-order valence-corrected chi connectivity index (χ1v) is 6.67. The number of hydrogen-bond donors (Lipinski definition) is 0. The van der Waals surface area contributed by atoms with E-state index < -0.39 is 5.72 Å². The zero-order chi connectivity index (χ0) is 13.6. The summed E-state index contributed by atoms with van der Waals surface area (Å²) in [6.07, 6.45) is 0.890. The van der Waals surface area contributed by atoms with Crippen LogP contribution in [0.3, 0.4) is 0 Å². The van der Waals surface area contributed by atoms with Gasteiger partial charge in [0.1, 0.15) is 11.6 Å². The van der Waals surface area contributed by atoms with Crippen molar-refractivity contribution in [3.8, 4) is 5.75 Å². The zero-order valence-electron chi connectivity index (χ0n) is 11.5. The Kier molecular flexibility index (Phi) is 2.62. The summed E-state index contributed by atoms with van der Waals surface area (Å²) in [7, 11) is 0. The molecule has 0 saturated carbocycles. The molecule has 0 N–H and O–H groups in total. The molecular formula is C15H18N2O2. The van der Waals surface area contributed by atoms with Crippen LogP contribution < -0.4 is 4.74 Å². The molecule has 1 fully saturated rings. The van der Waals surface area contributed by atoms with Crippen LogP contribution in [0.2, 0.25) is 0 Å². The van der Waals surface area contributed by atoms with Crippen LogP contribution in [0.15, 0.2) is 29.3 Å². The number of fused-ring (bicyclic) bond motifs is 1. The molecule has 1 amide bonds. The molecule has 2 aliphatic rings. The summed E-state index contributed by atoms with van der Waals surface area (Å²) in [5.41, 5.74) is 0.278. The van der Waals surface area contributed by atoms with E-state index in [0.717, 1.165) is 30.1 Å². The van der Waals surface area contributed by atoms with Crippen molar-refractivity contribution in [1.82, 2.24) is 4.90 Å². The molecule has 1 aromatic carbocycles. The summed E-state index contributed by atoms with van der Waals surface area (Å²) in [6.45, 7) is 6.53. The van der Waals surface area contributed by atoms with Crippen molar-refractivity contribution in [1.29, 1.82) is 0 Å². The molecule has 1 aromatic rings. The quantitative estimate of drug-likeness (QED) is 0.717. The molecule has 1 saturated heterocycles. The highest BCUT2D eigenvalue weighted by atomic mass is 16.5. The lowest BCUT2D eigenvalue weighted by Crippen LogP contribution is -2.41. The predicted octanol–water partition coefficient (Wildman–Crippen LogP) is 2.43. The second-order valence-electron chi connectivity index (χ2n) is 5.66.